The van der Waals surface area contributed by atoms with Crippen LogP contribution in [0.1, 0.15) is 26.2 Å². The van der Waals surface area contributed by atoms with Gasteiger partial charge >= 0.3 is 0 Å². The van der Waals surface area contributed by atoms with Gasteiger partial charge in [0, 0.05) is 12.6 Å². The van der Waals surface area contributed by atoms with Crippen LogP contribution in [-0.4, -0.2) is 63.2 Å². The fraction of sp³-hybridized carbons (Fsp3) is 1.00. The van der Waals surface area contributed by atoms with E-state index in [0.29, 0.717) is 0 Å². The molecule has 0 aromatic heterocycles. The SMILES string of the molecule is CNC1CCN(CCCCN(C)C)CC1C. The van der Waals surface area contributed by atoms with Crippen LogP contribution in [0.2, 0.25) is 0 Å². The molecule has 0 bridgehead atoms. The van der Waals surface area contributed by atoms with Crippen LogP contribution in [-0.2, 0) is 0 Å². The molecule has 2 atom stereocenters. The molecule has 0 spiro atoms. The first-order valence-corrected chi connectivity index (χ1v) is 6.68. The van der Waals surface area contributed by atoms with Gasteiger partial charge in [-0.25, -0.2) is 0 Å². The van der Waals surface area contributed by atoms with Gasteiger partial charge in [-0.3, -0.25) is 0 Å². The summed E-state index contributed by atoms with van der Waals surface area (Å²) in [5.41, 5.74) is 0. The molecule has 3 nitrogen and oxygen atoms in total. The molecule has 0 saturated carbocycles. The van der Waals surface area contributed by atoms with E-state index in [1.165, 1.54) is 45.4 Å². The average molecular weight is 227 g/mol. The zero-order valence-corrected chi connectivity index (χ0v) is 11.5. The molecule has 0 aliphatic carbocycles. The minimum Gasteiger partial charge on any atom is -0.317 e. The Morgan fingerprint density at radius 3 is 2.62 bits per heavy atom. The summed E-state index contributed by atoms with van der Waals surface area (Å²) in [4.78, 5) is 4.91. The maximum atomic E-state index is 3.42. The van der Waals surface area contributed by atoms with Crippen LogP contribution in [0.3, 0.4) is 0 Å². The van der Waals surface area contributed by atoms with Crippen molar-refractivity contribution < 1.29 is 0 Å². The Labute approximate surface area is 101 Å². The molecular weight excluding hydrogens is 198 g/mol. The van der Waals surface area contributed by atoms with Crippen molar-refractivity contribution in [1.82, 2.24) is 15.1 Å². The molecule has 1 N–H and O–H groups in total. The first-order valence-electron chi connectivity index (χ1n) is 6.68. The lowest BCUT2D eigenvalue weighted by atomic mass is 9.94. The molecule has 0 aromatic carbocycles. The highest BCUT2D eigenvalue weighted by Gasteiger charge is 2.23. The van der Waals surface area contributed by atoms with Crippen LogP contribution >= 0.6 is 0 Å². The zero-order chi connectivity index (χ0) is 12.0. The number of nitrogens with one attached hydrogen (secondary N) is 1. The molecular formula is C13H29N3. The Bertz CT molecular complexity index is 182. The maximum absolute atomic E-state index is 3.42. The van der Waals surface area contributed by atoms with Crippen LogP contribution in [0, 0.1) is 5.92 Å². The Balaban J connectivity index is 2.10. The zero-order valence-electron chi connectivity index (χ0n) is 11.5. The molecule has 0 radical (unpaired) electrons. The van der Waals surface area contributed by atoms with Gasteiger partial charge in [-0.15, -0.1) is 0 Å². The summed E-state index contributed by atoms with van der Waals surface area (Å²) in [6.07, 6.45) is 3.98. The normalized spacial score (nSPS) is 27.6. The highest BCUT2D eigenvalue weighted by Crippen LogP contribution is 2.16. The molecule has 1 saturated heterocycles. The van der Waals surface area contributed by atoms with Crippen molar-refractivity contribution in [3.05, 3.63) is 0 Å². The summed E-state index contributed by atoms with van der Waals surface area (Å²) in [5, 5.41) is 3.42. The molecule has 96 valence electrons. The predicted molar refractivity (Wildman–Crippen MR) is 70.9 cm³/mol. The molecule has 1 rings (SSSR count). The number of piperidine rings is 1. The van der Waals surface area contributed by atoms with E-state index in [2.05, 4.69) is 43.2 Å². The summed E-state index contributed by atoms with van der Waals surface area (Å²) in [6.45, 7) is 7.43. The Hall–Kier alpha value is -0.120. The van der Waals surface area contributed by atoms with E-state index in [1.807, 2.05) is 0 Å². The van der Waals surface area contributed by atoms with Gasteiger partial charge in [0.05, 0.1) is 0 Å². The highest BCUT2D eigenvalue weighted by atomic mass is 15.1. The van der Waals surface area contributed by atoms with Crippen molar-refractivity contribution in [2.75, 3.05) is 47.3 Å². The number of hydrogen-bond donors (Lipinski definition) is 1. The average Bonchev–Trinajstić information content (AvgIpc) is 2.24. The lowest BCUT2D eigenvalue weighted by Crippen LogP contribution is -2.47. The van der Waals surface area contributed by atoms with Gasteiger partial charge in [0.1, 0.15) is 0 Å². The van der Waals surface area contributed by atoms with E-state index in [-0.39, 0.29) is 0 Å². The van der Waals surface area contributed by atoms with Crippen molar-refractivity contribution in [3.63, 3.8) is 0 Å². The van der Waals surface area contributed by atoms with Crippen LogP contribution in [0.15, 0.2) is 0 Å². The lowest BCUT2D eigenvalue weighted by Gasteiger charge is -2.36. The second-order valence-electron chi connectivity index (χ2n) is 5.47. The van der Waals surface area contributed by atoms with Gasteiger partial charge in [0.15, 0.2) is 0 Å². The van der Waals surface area contributed by atoms with Crippen LogP contribution in [0.25, 0.3) is 0 Å². The van der Waals surface area contributed by atoms with E-state index >= 15 is 0 Å². The minimum absolute atomic E-state index is 0.734. The Morgan fingerprint density at radius 1 is 1.31 bits per heavy atom. The van der Waals surface area contributed by atoms with Crippen LogP contribution < -0.4 is 5.32 Å². The van der Waals surface area contributed by atoms with Gasteiger partial charge < -0.3 is 15.1 Å². The van der Waals surface area contributed by atoms with E-state index in [1.54, 1.807) is 0 Å². The van der Waals surface area contributed by atoms with Crippen molar-refractivity contribution in [2.45, 2.75) is 32.2 Å². The molecule has 16 heavy (non-hydrogen) atoms. The smallest absolute Gasteiger partial charge is 0.0114 e. The number of likely N-dealkylation sites (tertiary alicyclic amines) is 1. The Morgan fingerprint density at radius 2 is 2.06 bits per heavy atom. The third-order valence-corrected chi connectivity index (χ3v) is 3.69. The van der Waals surface area contributed by atoms with Crippen molar-refractivity contribution >= 4 is 0 Å². The molecule has 1 aliphatic heterocycles. The van der Waals surface area contributed by atoms with E-state index < -0.39 is 0 Å². The van der Waals surface area contributed by atoms with E-state index in [9.17, 15) is 0 Å². The molecule has 3 heteroatoms. The lowest BCUT2D eigenvalue weighted by molar-refractivity contribution is 0.148. The summed E-state index contributed by atoms with van der Waals surface area (Å²) >= 11 is 0. The second kappa shape index (κ2) is 7.25. The monoisotopic (exact) mass is 227 g/mol. The first kappa shape index (κ1) is 13.9. The quantitative estimate of drug-likeness (QED) is 0.689. The molecule has 1 heterocycles. The summed E-state index contributed by atoms with van der Waals surface area (Å²) in [6, 6.07) is 0.734. The second-order valence-corrected chi connectivity index (χ2v) is 5.47. The number of nitrogens with zero attached hydrogens (tertiary/aromatic N) is 2. The third kappa shape index (κ3) is 4.81. The minimum atomic E-state index is 0.734. The van der Waals surface area contributed by atoms with Crippen molar-refractivity contribution in [2.24, 2.45) is 5.92 Å². The fourth-order valence-corrected chi connectivity index (χ4v) is 2.63. The van der Waals surface area contributed by atoms with Crippen LogP contribution in [0.5, 0.6) is 0 Å². The van der Waals surface area contributed by atoms with Gasteiger partial charge in [0.2, 0.25) is 0 Å². The van der Waals surface area contributed by atoms with E-state index in [0.717, 1.165) is 12.0 Å². The predicted octanol–water partition coefficient (Wildman–Crippen LogP) is 1.26. The molecule has 0 aromatic rings. The van der Waals surface area contributed by atoms with Gasteiger partial charge in [-0.05, 0) is 66.0 Å². The summed E-state index contributed by atoms with van der Waals surface area (Å²) in [5.74, 6) is 0.799. The summed E-state index contributed by atoms with van der Waals surface area (Å²) in [7, 11) is 6.40. The topological polar surface area (TPSA) is 18.5 Å². The molecule has 1 fully saturated rings. The largest absolute Gasteiger partial charge is 0.317 e. The highest BCUT2D eigenvalue weighted by molar-refractivity contribution is 4.81. The first-order chi connectivity index (χ1) is 7.63. The standard InChI is InChI=1S/C13H29N3/c1-12-11-16(10-7-13(12)14-2)9-6-5-8-15(3)4/h12-14H,5-11H2,1-4H3. The number of rotatable bonds is 6. The Kier molecular flexibility index (Phi) is 6.32. The van der Waals surface area contributed by atoms with Crippen molar-refractivity contribution in [3.8, 4) is 0 Å². The maximum Gasteiger partial charge on any atom is 0.0114 e. The van der Waals surface area contributed by atoms with Gasteiger partial charge in [0.25, 0.3) is 0 Å². The van der Waals surface area contributed by atoms with Gasteiger partial charge in [-0.1, -0.05) is 6.92 Å². The molecule has 1 aliphatic rings. The fourth-order valence-electron chi connectivity index (χ4n) is 2.63. The number of unbranched alkanes of at least 4 members (excludes halogenated alkanes) is 1. The summed E-state index contributed by atoms with van der Waals surface area (Å²) < 4.78 is 0. The molecule has 2 unspecified atom stereocenters. The number of hydrogen-bond acceptors (Lipinski definition) is 3. The third-order valence-electron chi connectivity index (χ3n) is 3.69. The van der Waals surface area contributed by atoms with Crippen LogP contribution in [0.4, 0.5) is 0 Å². The van der Waals surface area contributed by atoms with Gasteiger partial charge in [-0.2, -0.15) is 0 Å². The van der Waals surface area contributed by atoms with Crippen molar-refractivity contribution in [1.29, 1.82) is 0 Å². The van der Waals surface area contributed by atoms with E-state index in [4.69, 9.17) is 0 Å². The molecule has 0 amide bonds.